The van der Waals surface area contributed by atoms with Crippen molar-refractivity contribution >= 4 is 11.0 Å². The van der Waals surface area contributed by atoms with E-state index in [9.17, 15) is 0 Å². The molecule has 0 saturated heterocycles. The summed E-state index contributed by atoms with van der Waals surface area (Å²) in [5.74, 6) is 0.846. The minimum atomic E-state index is 0.494. The van der Waals surface area contributed by atoms with Gasteiger partial charge >= 0.3 is 0 Å². The second kappa shape index (κ2) is 4.51. The fraction of sp³-hybridized carbons (Fsp3) is 0.286. The Kier molecular flexibility index (Phi) is 2.83. The van der Waals surface area contributed by atoms with Crippen molar-refractivity contribution in [1.82, 2.24) is 19.7 Å². The topological polar surface area (TPSA) is 72.5 Å². The summed E-state index contributed by atoms with van der Waals surface area (Å²) in [5.41, 5.74) is 10.8. The lowest BCUT2D eigenvalue weighted by Gasteiger charge is -2.00. The summed E-state index contributed by atoms with van der Waals surface area (Å²) in [6.45, 7) is 5.38. The van der Waals surface area contributed by atoms with Gasteiger partial charge < -0.3 is 10.7 Å². The minimum absolute atomic E-state index is 0.494. The molecule has 0 aliphatic carbocycles. The Morgan fingerprint density at radius 2 is 2.21 bits per heavy atom. The van der Waals surface area contributed by atoms with E-state index < -0.39 is 0 Å². The van der Waals surface area contributed by atoms with Crippen LogP contribution in [0.25, 0.3) is 22.6 Å². The molecular weight excluding hydrogens is 238 g/mol. The lowest BCUT2D eigenvalue weighted by atomic mass is 10.2. The predicted octanol–water partition coefficient (Wildman–Crippen LogP) is 2.21. The first-order valence-electron chi connectivity index (χ1n) is 6.45. The van der Waals surface area contributed by atoms with Gasteiger partial charge in [-0.05, 0) is 31.5 Å². The number of para-hydroxylation sites is 1. The molecule has 98 valence electrons. The van der Waals surface area contributed by atoms with E-state index in [1.54, 1.807) is 0 Å². The van der Waals surface area contributed by atoms with E-state index in [1.807, 2.05) is 35.9 Å². The molecule has 0 spiro atoms. The third-order valence-corrected chi connectivity index (χ3v) is 3.26. The number of rotatable bonds is 3. The van der Waals surface area contributed by atoms with Gasteiger partial charge in [-0.2, -0.15) is 5.10 Å². The van der Waals surface area contributed by atoms with Gasteiger partial charge in [0.05, 0.1) is 16.7 Å². The Labute approximate surface area is 111 Å². The molecule has 1 aromatic carbocycles. The molecule has 0 unspecified atom stereocenters. The number of hydrogen-bond acceptors (Lipinski definition) is 3. The second-order valence-corrected chi connectivity index (χ2v) is 4.59. The highest BCUT2D eigenvalue weighted by Crippen LogP contribution is 2.23. The number of nitrogens with one attached hydrogen (secondary N) is 1. The van der Waals surface area contributed by atoms with Gasteiger partial charge in [0.2, 0.25) is 0 Å². The Balaban J connectivity index is 2.20. The highest BCUT2D eigenvalue weighted by atomic mass is 15.3. The fourth-order valence-corrected chi connectivity index (χ4v) is 2.35. The predicted molar refractivity (Wildman–Crippen MR) is 75.6 cm³/mol. The highest BCUT2D eigenvalue weighted by Gasteiger charge is 2.12. The summed E-state index contributed by atoms with van der Waals surface area (Å²) in [4.78, 5) is 8.03. The number of fused-ring (bicyclic) bond motifs is 1. The quantitative estimate of drug-likeness (QED) is 0.753. The van der Waals surface area contributed by atoms with Crippen LogP contribution in [0.5, 0.6) is 0 Å². The summed E-state index contributed by atoms with van der Waals surface area (Å²) in [6, 6.07) is 8.07. The maximum Gasteiger partial charge on any atom is 0.156 e. The summed E-state index contributed by atoms with van der Waals surface area (Å²) >= 11 is 0. The van der Waals surface area contributed by atoms with Gasteiger partial charge in [0.1, 0.15) is 5.69 Å². The minimum Gasteiger partial charge on any atom is -0.337 e. The van der Waals surface area contributed by atoms with Crippen LogP contribution < -0.4 is 5.73 Å². The molecule has 3 rings (SSSR count). The van der Waals surface area contributed by atoms with Gasteiger partial charge in [0.25, 0.3) is 0 Å². The number of imidazole rings is 1. The maximum absolute atomic E-state index is 5.75. The molecule has 2 heterocycles. The highest BCUT2D eigenvalue weighted by molar-refractivity contribution is 5.82. The normalized spacial score (nSPS) is 11.3. The van der Waals surface area contributed by atoms with Gasteiger partial charge in [-0.15, -0.1) is 0 Å². The molecule has 0 amide bonds. The van der Waals surface area contributed by atoms with Crippen LogP contribution in [0.4, 0.5) is 0 Å². The lowest BCUT2D eigenvalue weighted by molar-refractivity contribution is 0.658. The Morgan fingerprint density at radius 3 is 2.95 bits per heavy atom. The molecule has 0 atom stereocenters. The molecule has 0 saturated carbocycles. The average molecular weight is 255 g/mol. The zero-order valence-corrected chi connectivity index (χ0v) is 11.1. The Morgan fingerprint density at radius 1 is 1.37 bits per heavy atom. The number of aromatic amines is 1. The summed E-state index contributed by atoms with van der Waals surface area (Å²) < 4.78 is 1.95. The van der Waals surface area contributed by atoms with Crippen LogP contribution in [0.2, 0.25) is 0 Å². The van der Waals surface area contributed by atoms with E-state index in [2.05, 4.69) is 22.0 Å². The molecule has 0 aliphatic heterocycles. The smallest absolute Gasteiger partial charge is 0.156 e. The van der Waals surface area contributed by atoms with Crippen molar-refractivity contribution in [2.75, 3.05) is 0 Å². The molecule has 3 N–H and O–H groups in total. The van der Waals surface area contributed by atoms with Crippen LogP contribution in [-0.2, 0) is 13.1 Å². The first-order chi connectivity index (χ1) is 9.22. The molecule has 0 fully saturated rings. The van der Waals surface area contributed by atoms with Crippen LogP contribution in [0.1, 0.15) is 18.2 Å². The first-order valence-corrected chi connectivity index (χ1v) is 6.45. The monoisotopic (exact) mass is 255 g/mol. The lowest BCUT2D eigenvalue weighted by Crippen LogP contribution is -2.00. The average Bonchev–Trinajstić information content (AvgIpc) is 3.00. The summed E-state index contributed by atoms with van der Waals surface area (Å²) in [7, 11) is 0. The second-order valence-electron chi connectivity index (χ2n) is 4.59. The van der Waals surface area contributed by atoms with Crippen molar-refractivity contribution in [3.8, 4) is 11.5 Å². The van der Waals surface area contributed by atoms with Crippen molar-refractivity contribution in [1.29, 1.82) is 0 Å². The molecular formula is C14H17N5. The van der Waals surface area contributed by atoms with E-state index in [1.165, 1.54) is 0 Å². The zero-order valence-electron chi connectivity index (χ0n) is 11.1. The number of aryl methyl sites for hydroxylation is 2. The van der Waals surface area contributed by atoms with Crippen molar-refractivity contribution < 1.29 is 0 Å². The van der Waals surface area contributed by atoms with Gasteiger partial charge in [0.15, 0.2) is 5.82 Å². The van der Waals surface area contributed by atoms with Crippen LogP contribution in [-0.4, -0.2) is 19.7 Å². The number of benzene rings is 1. The number of nitrogens with two attached hydrogens (primary N) is 1. The largest absolute Gasteiger partial charge is 0.337 e. The molecule has 5 nitrogen and oxygen atoms in total. The van der Waals surface area contributed by atoms with Crippen LogP contribution >= 0.6 is 0 Å². The third-order valence-electron chi connectivity index (χ3n) is 3.26. The summed E-state index contributed by atoms with van der Waals surface area (Å²) in [6.07, 6.45) is 0. The molecule has 5 heteroatoms. The van der Waals surface area contributed by atoms with Crippen molar-refractivity contribution in [3.63, 3.8) is 0 Å². The van der Waals surface area contributed by atoms with Crippen molar-refractivity contribution in [2.24, 2.45) is 5.73 Å². The molecule has 3 aromatic rings. The zero-order chi connectivity index (χ0) is 13.4. The van der Waals surface area contributed by atoms with Crippen LogP contribution in [0.3, 0.4) is 0 Å². The number of hydrogen-bond donors (Lipinski definition) is 2. The SMILES string of the molecule is CCn1nc(C)cc1-c1nc2c(CN)cccc2[nH]1. The Hall–Kier alpha value is -2.14. The molecule has 2 aromatic heterocycles. The number of nitrogens with zero attached hydrogens (tertiary/aromatic N) is 3. The van der Waals surface area contributed by atoms with E-state index >= 15 is 0 Å². The van der Waals surface area contributed by atoms with E-state index in [0.717, 1.165) is 40.4 Å². The molecule has 0 bridgehead atoms. The first kappa shape index (κ1) is 11.9. The summed E-state index contributed by atoms with van der Waals surface area (Å²) in [5, 5.41) is 4.45. The third kappa shape index (κ3) is 1.92. The molecule has 19 heavy (non-hydrogen) atoms. The van der Waals surface area contributed by atoms with Gasteiger partial charge in [0, 0.05) is 13.1 Å². The molecule has 0 aliphatic rings. The van der Waals surface area contributed by atoms with Gasteiger partial charge in [-0.1, -0.05) is 12.1 Å². The number of H-pyrrole nitrogens is 1. The number of aromatic nitrogens is 4. The molecule has 0 radical (unpaired) electrons. The van der Waals surface area contributed by atoms with Crippen molar-refractivity contribution in [3.05, 3.63) is 35.5 Å². The van der Waals surface area contributed by atoms with E-state index in [-0.39, 0.29) is 0 Å². The van der Waals surface area contributed by atoms with E-state index in [0.29, 0.717) is 6.54 Å². The van der Waals surface area contributed by atoms with Gasteiger partial charge in [-0.3, -0.25) is 4.68 Å². The van der Waals surface area contributed by atoms with Crippen molar-refractivity contribution in [2.45, 2.75) is 26.9 Å². The van der Waals surface area contributed by atoms with Crippen LogP contribution in [0.15, 0.2) is 24.3 Å². The maximum atomic E-state index is 5.75. The van der Waals surface area contributed by atoms with Gasteiger partial charge in [-0.25, -0.2) is 4.98 Å². The van der Waals surface area contributed by atoms with E-state index in [4.69, 9.17) is 5.73 Å². The standard InChI is InChI=1S/C14H17N5/c1-3-19-12(7-9(2)18-19)14-16-11-6-4-5-10(8-15)13(11)17-14/h4-7H,3,8,15H2,1-2H3,(H,16,17). The van der Waals surface area contributed by atoms with Crippen LogP contribution in [0, 0.1) is 6.92 Å². The fourth-order valence-electron chi connectivity index (χ4n) is 2.35. The Bertz CT molecular complexity index is 723.